The number of para-hydroxylation sites is 1. The number of anilines is 1. The van der Waals surface area contributed by atoms with Crippen molar-refractivity contribution >= 4 is 29.0 Å². The third-order valence-electron chi connectivity index (χ3n) is 6.41. The largest absolute Gasteiger partial charge is 0.416 e. The molecule has 202 valence electrons. The van der Waals surface area contributed by atoms with Crippen LogP contribution in [-0.4, -0.2) is 35.1 Å². The van der Waals surface area contributed by atoms with Crippen LogP contribution in [0.25, 0.3) is 0 Å². The van der Waals surface area contributed by atoms with Crippen molar-refractivity contribution in [3.05, 3.63) is 107 Å². The Balaban J connectivity index is 1.86. The first kappa shape index (κ1) is 27.4. The number of nitrogens with two attached hydrogens (primary N) is 2. The van der Waals surface area contributed by atoms with Gasteiger partial charge in [0.1, 0.15) is 11.9 Å². The van der Waals surface area contributed by atoms with Gasteiger partial charge >= 0.3 is 6.18 Å². The molecule has 1 heterocycles. The number of piperidine rings is 1. The lowest BCUT2D eigenvalue weighted by Crippen LogP contribution is -2.59. The number of rotatable bonds is 5. The van der Waals surface area contributed by atoms with E-state index in [1.54, 1.807) is 50.2 Å². The average molecular weight is 536 g/mol. The van der Waals surface area contributed by atoms with Crippen LogP contribution in [0.4, 0.5) is 24.5 Å². The number of amides is 2. The van der Waals surface area contributed by atoms with E-state index in [1.165, 1.54) is 11.0 Å². The summed E-state index contributed by atoms with van der Waals surface area (Å²) in [5.41, 5.74) is 13.7. The number of carbonyl (C=O) groups is 2. The zero-order valence-corrected chi connectivity index (χ0v) is 21.4. The molecule has 1 aliphatic heterocycles. The van der Waals surface area contributed by atoms with Gasteiger partial charge in [-0.15, -0.1) is 0 Å². The molecule has 2 atom stereocenters. The van der Waals surface area contributed by atoms with Gasteiger partial charge in [-0.1, -0.05) is 36.4 Å². The van der Waals surface area contributed by atoms with E-state index < -0.39 is 35.5 Å². The molecular weight excluding hydrogens is 507 g/mol. The number of allylic oxidation sites excluding steroid dienone is 1. The van der Waals surface area contributed by atoms with Crippen molar-refractivity contribution in [1.29, 1.82) is 0 Å². The molecule has 1 saturated heterocycles. The fraction of sp³-hybridized carbons (Fsp3) is 0.207. The number of halogens is 3. The maximum Gasteiger partial charge on any atom is 0.416 e. The van der Waals surface area contributed by atoms with Gasteiger partial charge in [-0.2, -0.15) is 13.2 Å². The molecule has 2 amide bonds. The Morgan fingerprint density at radius 3 is 2.33 bits per heavy atom. The Kier molecular flexibility index (Phi) is 7.75. The molecule has 0 aliphatic carbocycles. The number of amidine groups is 1. The van der Waals surface area contributed by atoms with Crippen molar-refractivity contribution in [3.8, 4) is 0 Å². The summed E-state index contributed by atoms with van der Waals surface area (Å²) >= 11 is 0. The second-order valence-corrected chi connectivity index (χ2v) is 9.13. The number of likely N-dealkylation sites (N-methyl/N-ethyl adjacent to an activating group) is 1. The number of likely N-dealkylation sites (tertiary alicyclic amines) is 1. The molecule has 1 aliphatic rings. The molecule has 1 fully saturated rings. The van der Waals surface area contributed by atoms with Gasteiger partial charge in [-0.25, -0.2) is 4.99 Å². The standard InChI is InChI=1S/C29H28F3N5O2/c1-3-37-26(35-22-13-5-4-6-14-22)23(17(2)33)24(18-9-8-12-21(34)16-18)25(28(37)39)36-27(38)19-10-7-11-20(15-19)29(30,31)32/h4-16,24-25H,3,33-34H2,1-2H3,(H,36,38)/b23-17-,35-26?. The summed E-state index contributed by atoms with van der Waals surface area (Å²) in [6.07, 6.45) is -4.63. The number of hydrogen-bond acceptors (Lipinski definition) is 5. The summed E-state index contributed by atoms with van der Waals surface area (Å²) in [5, 5.41) is 2.68. The first-order valence-corrected chi connectivity index (χ1v) is 12.3. The maximum atomic E-state index is 13.9. The second-order valence-electron chi connectivity index (χ2n) is 9.13. The van der Waals surface area contributed by atoms with E-state index in [0.717, 1.165) is 18.2 Å². The number of aliphatic imine (C=N–C) groups is 1. The molecule has 0 radical (unpaired) electrons. The van der Waals surface area contributed by atoms with Gasteiger partial charge in [-0.3, -0.25) is 14.5 Å². The molecule has 3 aromatic rings. The number of benzene rings is 3. The van der Waals surface area contributed by atoms with E-state index in [0.29, 0.717) is 34.0 Å². The SMILES string of the molecule is CCN1C(=O)C(NC(=O)c2cccc(C(F)(F)F)c2)C(c2cccc(N)c2)/C(=C(\C)N)C1=Nc1ccccc1. The summed E-state index contributed by atoms with van der Waals surface area (Å²) in [6.45, 7) is 3.64. The van der Waals surface area contributed by atoms with Crippen molar-refractivity contribution < 1.29 is 22.8 Å². The Labute approximate surface area is 224 Å². The molecule has 0 bridgehead atoms. The number of alkyl halides is 3. The van der Waals surface area contributed by atoms with Gasteiger partial charge < -0.3 is 16.8 Å². The lowest BCUT2D eigenvalue weighted by atomic mass is 9.78. The van der Waals surface area contributed by atoms with Crippen LogP contribution in [0.15, 0.2) is 95.1 Å². The maximum absolute atomic E-state index is 13.9. The van der Waals surface area contributed by atoms with E-state index in [-0.39, 0.29) is 12.1 Å². The van der Waals surface area contributed by atoms with E-state index in [1.807, 2.05) is 18.2 Å². The first-order valence-electron chi connectivity index (χ1n) is 12.3. The van der Waals surface area contributed by atoms with Crippen molar-refractivity contribution in [2.45, 2.75) is 32.0 Å². The summed E-state index contributed by atoms with van der Waals surface area (Å²) < 4.78 is 39.9. The van der Waals surface area contributed by atoms with Crippen LogP contribution in [0, 0.1) is 0 Å². The van der Waals surface area contributed by atoms with Crippen molar-refractivity contribution in [2.24, 2.45) is 10.7 Å². The Morgan fingerprint density at radius 2 is 1.72 bits per heavy atom. The van der Waals surface area contributed by atoms with Crippen LogP contribution >= 0.6 is 0 Å². The van der Waals surface area contributed by atoms with Crippen molar-refractivity contribution in [2.75, 3.05) is 12.3 Å². The predicted octanol–water partition coefficient (Wildman–Crippen LogP) is 4.99. The number of hydrogen-bond donors (Lipinski definition) is 3. The number of carbonyl (C=O) groups excluding carboxylic acids is 2. The highest BCUT2D eigenvalue weighted by molar-refractivity contribution is 6.15. The van der Waals surface area contributed by atoms with Gasteiger partial charge in [0.05, 0.1) is 11.3 Å². The Hall–Kier alpha value is -4.60. The summed E-state index contributed by atoms with van der Waals surface area (Å²) in [4.78, 5) is 33.4. The molecule has 7 nitrogen and oxygen atoms in total. The molecular formula is C29H28F3N5O2. The molecule has 5 N–H and O–H groups in total. The smallest absolute Gasteiger partial charge is 0.402 e. The van der Waals surface area contributed by atoms with Gasteiger partial charge in [-0.05, 0) is 61.9 Å². The van der Waals surface area contributed by atoms with Crippen LogP contribution in [0.5, 0.6) is 0 Å². The van der Waals surface area contributed by atoms with Crippen molar-refractivity contribution in [3.63, 3.8) is 0 Å². The van der Waals surface area contributed by atoms with Crippen molar-refractivity contribution in [1.82, 2.24) is 10.2 Å². The highest BCUT2D eigenvalue weighted by Gasteiger charge is 2.45. The molecule has 4 rings (SSSR count). The third kappa shape index (κ3) is 5.79. The molecule has 2 unspecified atom stereocenters. The van der Waals surface area contributed by atoms with Crippen LogP contribution in [0.3, 0.4) is 0 Å². The fourth-order valence-electron chi connectivity index (χ4n) is 4.66. The average Bonchev–Trinajstić information content (AvgIpc) is 2.90. The van der Waals surface area contributed by atoms with Crippen LogP contribution in [0.1, 0.15) is 41.3 Å². The number of nitrogens with one attached hydrogen (secondary N) is 1. The molecule has 39 heavy (non-hydrogen) atoms. The Morgan fingerprint density at radius 1 is 1.03 bits per heavy atom. The molecule has 0 saturated carbocycles. The topological polar surface area (TPSA) is 114 Å². The van der Waals surface area contributed by atoms with Gasteiger partial charge in [0.25, 0.3) is 11.8 Å². The van der Waals surface area contributed by atoms with Crippen LogP contribution in [0.2, 0.25) is 0 Å². The quantitative estimate of drug-likeness (QED) is 0.399. The summed E-state index contributed by atoms with van der Waals surface area (Å²) in [5.74, 6) is -1.80. The van der Waals surface area contributed by atoms with Gasteiger partial charge in [0, 0.05) is 35.0 Å². The van der Waals surface area contributed by atoms with E-state index in [2.05, 4.69) is 5.32 Å². The zero-order chi connectivity index (χ0) is 28.3. The second kappa shape index (κ2) is 11.0. The van der Waals surface area contributed by atoms with Gasteiger partial charge in [0.2, 0.25) is 0 Å². The van der Waals surface area contributed by atoms with Gasteiger partial charge in [0.15, 0.2) is 0 Å². The normalized spacial score (nSPS) is 20.2. The molecule has 10 heteroatoms. The number of nitrogen functional groups attached to an aromatic ring is 1. The third-order valence-corrected chi connectivity index (χ3v) is 6.41. The first-order chi connectivity index (χ1) is 18.5. The fourth-order valence-corrected chi connectivity index (χ4v) is 4.66. The van der Waals surface area contributed by atoms with E-state index in [4.69, 9.17) is 16.5 Å². The predicted molar refractivity (Wildman–Crippen MR) is 144 cm³/mol. The zero-order valence-electron chi connectivity index (χ0n) is 21.4. The van der Waals surface area contributed by atoms with E-state index >= 15 is 0 Å². The lowest BCUT2D eigenvalue weighted by Gasteiger charge is -2.41. The Bertz CT molecular complexity index is 1450. The summed E-state index contributed by atoms with van der Waals surface area (Å²) in [6, 6.07) is 18.7. The minimum atomic E-state index is -4.63. The molecule has 3 aromatic carbocycles. The summed E-state index contributed by atoms with van der Waals surface area (Å²) in [7, 11) is 0. The highest BCUT2D eigenvalue weighted by Crippen LogP contribution is 2.38. The lowest BCUT2D eigenvalue weighted by molar-refractivity contribution is -0.137. The molecule has 0 aromatic heterocycles. The van der Waals surface area contributed by atoms with E-state index in [9.17, 15) is 22.8 Å². The minimum absolute atomic E-state index is 0.209. The number of nitrogens with zero attached hydrogens (tertiary/aromatic N) is 2. The monoisotopic (exact) mass is 535 g/mol. The van der Waals surface area contributed by atoms with Crippen LogP contribution < -0.4 is 16.8 Å². The highest BCUT2D eigenvalue weighted by atomic mass is 19.4. The molecule has 0 spiro atoms. The van der Waals surface area contributed by atoms with Crippen LogP contribution in [-0.2, 0) is 11.0 Å². The minimum Gasteiger partial charge on any atom is -0.402 e.